The molecule has 0 bridgehead atoms. The molecule has 1 unspecified atom stereocenters. The first-order valence-electron chi connectivity index (χ1n) is 11.9. The molecule has 0 spiro atoms. The van der Waals surface area contributed by atoms with Gasteiger partial charge in [-0.3, -0.25) is 4.90 Å². The van der Waals surface area contributed by atoms with Crippen molar-refractivity contribution in [3.05, 3.63) is 71.4 Å². The lowest BCUT2D eigenvalue weighted by atomic mass is 10.1. The SMILES string of the molecule is CCCCC(O)CN(Cc1c(C)nn(-c2ccccc2)c1Oc1ccc(C)cc1)C1CC1. The van der Waals surface area contributed by atoms with Gasteiger partial charge in [0.05, 0.1) is 23.0 Å². The third kappa shape index (κ3) is 5.59. The maximum Gasteiger partial charge on any atom is 0.227 e. The van der Waals surface area contributed by atoms with Gasteiger partial charge in [-0.2, -0.15) is 5.10 Å². The predicted molar refractivity (Wildman–Crippen MR) is 129 cm³/mol. The van der Waals surface area contributed by atoms with E-state index < -0.39 is 0 Å². The molecule has 0 amide bonds. The number of ether oxygens (including phenoxy) is 1. The summed E-state index contributed by atoms with van der Waals surface area (Å²) in [5.74, 6) is 1.56. The number of unbranched alkanes of at least 4 members (excludes halogenated alkanes) is 1. The van der Waals surface area contributed by atoms with Gasteiger partial charge in [0.15, 0.2) is 0 Å². The topological polar surface area (TPSA) is 50.5 Å². The van der Waals surface area contributed by atoms with Gasteiger partial charge in [0.2, 0.25) is 5.88 Å². The molecular formula is C27H35N3O2. The Morgan fingerprint density at radius 1 is 1.09 bits per heavy atom. The van der Waals surface area contributed by atoms with Crippen LogP contribution >= 0.6 is 0 Å². The number of benzene rings is 2. The number of aliphatic hydroxyl groups is 1. The molecule has 32 heavy (non-hydrogen) atoms. The Labute approximate surface area is 191 Å². The number of hydrogen-bond acceptors (Lipinski definition) is 4. The first-order valence-corrected chi connectivity index (χ1v) is 11.9. The average molecular weight is 434 g/mol. The standard InChI is InChI=1S/C27H35N3O2/c1-4-5-11-24(31)18-29(22-14-15-22)19-26-21(3)28-30(23-9-7-6-8-10-23)27(26)32-25-16-12-20(2)13-17-25/h6-10,12-13,16-17,22,24,31H,4-5,11,14-15,18-19H2,1-3H3. The van der Waals surface area contributed by atoms with Crippen LogP contribution in [-0.2, 0) is 6.54 Å². The number of para-hydroxylation sites is 1. The van der Waals surface area contributed by atoms with Gasteiger partial charge >= 0.3 is 0 Å². The molecule has 1 aliphatic carbocycles. The van der Waals surface area contributed by atoms with E-state index in [2.05, 4.69) is 37.8 Å². The Bertz CT molecular complexity index is 994. The molecule has 1 aromatic heterocycles. The molecule has 5 heteroatoms. The summed E-state index contributed by atoms with van der Waals surface area (Å²) in [6.45, 7) is 7.72. The summed E-state index contributed by atoms with van der Waals surface area (Å²) in [5.41, 5.74) is 4.23. The maximum absolute atomic E-state index is 10.6. The maximum atomic E-state index is 10.6. The van der Waals surface area contributed by atoms with Crippen molar-refractivity contribution in [1.29, 1.82) is 0 Å². The second-order valence-corrected chi connectivity index (χ2v) is 8.99. The molecule has 4 rings (SSSR count). The van der Waals surface area contributed by atoms with Gasteiger partial charge in [0, 0.05) is 19.1 Å². The molecule has 1 heterocycles. The summed E-state index contributed by atoms with van der Waals surface area (Å²) in [4.78, 5) is 2.42. The molecule has 0 saturated heterocycles. The molecular weight excluding hydrogens is 398 g/mol. The van der Waals surface area contributed by atoms with E-state index >= 15 is 0 Å². The molecule has 1 saturated carbocycles. The van der Waals surface area contributed by atoms with Crippen molar-refractivity contribution in [2.75, 3.05) is 6.54 Å². The summed E-state index contributed by atoms with van der Waals surface area (Å²) < 4.78 is 8.36. The molecule has 170 valence electrons. The van der Waals surface area contributed by atoms with E-state index in [0.717, 1.165) is 54.4 Å². The lowest BCUT2D eigenvalue weighted by Gasteiger charge is -2.25. The van der Waals surface area contributed by atoms with Gasteiger partial charge in [0.1, 0.15) is 5.75 Å². The highest BCUT2D eigenvalue weighted by Gasteiger charge is 2.32. The Morgan fingerprint density at radius 2 is 1.81 bits per heavy atom. The van der Waals surface area contributed by atoms with Crippen molar-refractivity contribution in [1.82, 2.24) is 14.7 Å². The number of hydrogen-bond donors (Lipinski definition) is 1. The molecule has 1 fully saturated rings. The fourth-order valence-electron chi connectivity index (χ4n) is 4.07. The van der Waals surface area contributed by atoms with Crippen LogP contribution in [0.25, 0.3) is 5.69 Å². The summed E-state index contributed by atoms with van der Waals surface area (Å²) in [6, 6.07) is 18.8. The second kappa shape index (κ2) is 10.3. The first-order chi connectivity index (χ1) is 15.5. The van der Waals surface area contributed by atoms with Crippen LogP contribution in [-0.4, -0.2) is 38.5 Å². The summed E-state index contributed by atoms with van der Waals surface area (Å²) in [5, 5.41) is 15.5. The summed E-state index contributed by atoms with van der Waals surface area (Å²) >= 11 is 0. The lowest BCUT2D eigenvalue weighted by Crippen LogP contribution is -2.34. The third-order valence-corrected chi connectivity index (χ3v) is 6.13. The zero-order valence-corrected chi connectivity index (χ0v) is 19.5. The lowest BCUT2D eigenvalue weighted by molar-refractivity contribution is 0.0949. The van der Waals surface area contributed by atoms with E-state index in [1.165, 1.54) is 18.4 Å². The van der Waals surface area contributed by atoms with Crippen LogP contribution in [0.1, 0.15) is 55.8 Å². The van der Waals surface area contributed by atoms with Gasteiger partial charge < -0.3 is 9.84 Å². The van der Waals surface area contributed by atoms with Gasteiger partial charge in [-0.1, -0.05) is 55.7 Å². The minimum atomic E-state index is -0.290. The zero-order valence-electron chi connectivity index (χ0n) is 19.5. The highest BCUT2D eigenvalue weighted by Crippen LogP contribution is 2.35. The smallest absolute Gasteiger partial charge is 0.227 e. The van der Waals surface area contributed by atoms with Crippen LogP contribution in [0, 0.1) is 13.8 Å². The van der Waals surface area contributed by atoms with Crippen LogP contribution in [0.3, 0.4) is 0 Å². The molecule has 1 atom stereocenters. The minimum Gasteiger partial charge on any atom is -0.439 e. The van der Waals surface area contributed by atoms with Crippen molar-refractivity contribution in [3.63, 3.8) is 0 Å². The summed E-state index contributed by atoms with van der Waals surface area (Å²) in [7, 11) is 0. The number of aromatic nitrogens is 2. The quantitative estimate of drug-likeness (QED) is 0.415. The Kier molecular flexibility index (Phi) is 7.28. The molecule has 1 N–H and O–H groups in total. The first kappa shape index (κ1) is 22.6. The van der Waals surface area contributed by atoms with Gasteiger partial charge in [-0.05, 0) is 57.4 Å². The molecule has 0 aliphatic heterocycles. The van der Waals surface area contributed by atoms with E-state index in [1.807, 2.05) is 47.1 Å². The Balaban J connectivity index is 1.65. The number of rotatable bonds is 11. The minimum absolute atomic E-state index is 0.290. The van der Waals surface area contributed by atoms with Crippen LogP contribution in [0.2, 0.25) is 0 Å². The van der Waals surface area contributed by atoms with Gasteiger partial charge in [0.25, 0.3) is 0 Å². The largest absolute Gasteiger partial charge is 0.439 e. The van der Waals surface area contributed by atoms with E-state index in [0.29, 0.717) is 12.6 Å². The normalized spacial score (nSPS) is 14.7. The van der Waals surface area contributed by atoms with Crippen molar-refractivity contribution >= 4 is 0 Å². The van der Waals surface area contributed by atoms with Crippen LogP contribution in [0.4, 0.5) is 0 Å². The van der Waals surface area contributed by atoms with Crippen molar-refractivity contribution in [2.45, 2.75) is 71.6 Å². The monoisotopic (exact) mass is 433 g/mol. The molecule has 2 aromatic carbocycles. The Morgan fingerprint density at radius 3 is 2.47 bits per heavy atom. The van der Waals surface area contributed by atoms with E-state index in [-0.39, 0.29) is 6.10 Å². The molecule has 5 nitrogen and oxygen atoms in total. The molecule has 1 aliphatic rings. The highest BCUT2D eigenvalue weighted by atomic mass is 16.5. The fraction of sp³-hybridized carbons (Fsp3) is 0.444. The molecule has 0 radical (unpaired) electrons. The van der Waals surface area contributed by atoms with Crippen LogP contribution < -0.4 is 4.74 Å². The fourth-order valence-corrected chi connectivity index (χ4v) is 4.07. The van der Waals surface area contributed by atoms with Crippen LogP contribution in [0.15, 0.2) is 54.6 Å². The highest BCUT2D eigenvalue weighted by molar-refractivity contribution is 5.43. The Hall–Kier alpha value is -2.63. The second-order valence-electron chi connectivity index (χ2n) is 8.99. The van der Waals surface area contributed by atoms with Crippen LogP contribution in [0.5, 0.6) is 11.6 Å². The van der Waals surface area contributed by atoms with Crippen molar-refractivity contribution in [2.24, 2.45) is 0 Å². The number of nitrogens with zero attached hydrogens (tertiary/aromatic N) is 3. The van der Waals surface area contributed by atoms with Crippen molar-refractivity contribution < 1.29 is 9.84 Å². The van der Waals surface area contributed by atoms with Crippen molar-refractivity contribution in [3.8, 4) is 17.3 Å². The third-order valence-electron chi connectivity index (χ3n) is 6.13. The van der Waals surface area contributed by atoms with E-state index in [9.17, 15) is 5.11 Å². The number of aliphatic hydroxyl groups excluding tert-OH is 1. The van der Waals surface area contributed by atoms with E-state index in [1.54, 1.807) is 0 Å². The predicted octanol–water partition coefficient (Wildman–Crippen LogP) is 5.80. The average Bonchev–Trinajstić information content (AvgIpc) is 3.60. The zero-order chi connectivity index (χ0) is 22.5. The summed E-state index contributed by atoms with van der Waals surface area (Å²) in [6.07, 6.45) is 5.13. The van der Waals surface area contributed by atoms with Gasteiger partial charge in [-0.25, -0.2) is 4.68 Å². The van der Waals surface area contributed by atoms with Gasteiger partial charge in [-0.15, -0.1) is 0 Å². The molecule has 3 aromatic rings. The van der Waals surface area contributed by atoms with E-state index in [4.69, 9.17) is 9.84 Å². The number of aryl methyl sites for hydroxylation is 2.